The molecule has 0 spiro atoms. The van der Waals surface area contributed by atoms with Crippen LogP contribution in [-0.2, 0) is 16.9 Å². The highest BCUT2D eigenvalue weighted by atomic mass is 16.5. The highest BCUT2D eigenvalue weighted by Gasteiger charge is 2.38. The van der Waals surface area contributed by atoms with Crippen molar-refractivity contribution in [2.45, 2.75) is 51.7 Å². The van der Waals surface area contributed by atoms with Crippen LogP contribution in [0.5, 0.6) is 0 Å². The van der Waals surface area contributed by atoms with Crippen molar-refractivity contribution in [1.29, 1.82) is 0 Å². The van der Waals surface area contributed by atoms with Gasteiger partial charge in [0.1, 0.15) is 6.61 Å². The molecule has 1 aliphatic rings. The second-order valence-corrected chi connectivity index (χ2v) is 4.53. The van der Waals surface area contributed by atoms with Crippen LogP contribution in [0.2, 0.25) is 0 Å². The van der Waals surface area contributed by atoms with Crippen LogP contribution in [0.25, 0.3) is 0 Å². The molecule has 17 heavy (non-hydrogen) atoms. The minimum Gasteiger partial charge on any atom is -0.373 e. The quantitative estimate of drug-likeness (QED) is 0.769. The van der Waals surface area contributed by atoms with Crippen molar-refractivity contribution in [3.8, 4) is 0 Å². The maximum Gasteiger partial charge on any atom is 0.247 e. The first-order chi connectivity index (χ1) is 8.30. The number of nitrogens with zero attached hydrogens (tertiary/aromatic N) is 2. The minimum absolute atomic E-state index is 0.101. The van der Waals surface area contributed by atoms with Crippen LogP contribution in [0.15, 0.2) is 4.52 Å². The maximum atomic E-state index is 5.41. The lowest BCUT2D eigenvalue weighted by Crippen LogP contribution is -2.36. The van der Waals surface area contributed by atoms with Gasteiger partial charge in [0, 0.05) is 6.61 Å². The smallest absolute Gasteiger partial charge is 0.247 e. The van der Waals surface area contributed by atoms with E-state index >= 15 is 0 Å². The van der Waals surface area contributed by atoms with Gasteiger partial charge in [0.15, 0.2) is 5.82 Å². The molecule has 1 aromatic heterocycles. The zero-order valence-electron chi connectivity index (χ0n) is 10.7. The molecule has 2 rings (SSSR count). The summed E-state index contributed by atoms with van der Waals surface area (Å²) in [5.41, 5.74) is -0.101. The Bertz CT molecular complexity index is 345. The van der Waals surface area contributed by atoms with Gasteiger partial charge in [0.05, 0.1) is 5.54 Å². The van der Waals surface area contributed by atoms with E-state index in [1.807, 2.05) is 0 Å². The fourth-order valence-electron chi connectivity index (χ4n) is 2.26. The van der Waals surface area contributed by atoms with E-state index in [0.29, 0.717) is 18.3 Å². The Hall–Kier alpha value is -0.940. The summed E-state index contributed by atoms with van der Waals surface area (Å²) in [4.78, 5) is 4.44. The first-order valence-electron chi connectivity index (χ1n) is 6.46. The third-order valence-electron chi connectivity index (χ3n) is 3.30. The van der Waals surface area contributed by atoms with Crippen molar-refractivity contribution in [2.24, 2.45) is 0 Å². The number of rotatable bonds is 6. The van der Waals surface area contributed by atoms with Gasteiger partial charge in [-0.1, -0.05) is 19.0 Å². The summed E-state index contributed by atoms with van der Waals surface area (Å²) in [5, 5.41) is 7.45. The Morgan fingerprint density at radius 3 is 3.00 bits per heavy atom. The average molecular weight is 239 g/mol. The third-order valence-corrected chi connectivity index (χ3v) is 3.30. The molecule has 1 aromatic rings. The van der Waals surface area contributed by atoms with E-state index in [-0.39, 0.29) is 5.54 Å². The zero-order chi connectivity index (χ0) is 12.1. The van der Waals surface area contributed by atoms with E-state index in [0.717, 1.165) is 38.8 Å². The Morgan fingerprint density at radius 1 is 1.47 bits per heavy atom. The van der Waals surface area contributed by atoms with Gasteiger partial charge in [0.2, 0.25) is 5.89 Å². The monoisotopic (exact) mass is 239 g/mol. The molecule has 0 saturated carbocycles. The average Bonchev–Trinajstić information content (AvgIpc) is 2.98. The molecule has 5 heteroatoms. The highest BCUT2D eigenvalue weighted by molar-refractivity contribution is 5.06. The van der Waals surface area contributed by atoms with Crippen LogP contribution in [0.4, 0.5) is 0 Å². The van der Waals surface area contributed by atoms with Crippen molar-refractivity contribution in [1.82, 2.24) is 15.5 Å². The zero-order valence-corrected chi connectivity index (χ0v) is 10.7. The predicted molar refractivity (Wildman–Crippen MR) is 63.5 cm³/mol. The summed E-state index contributed by atoms with van der Waals surface area (Å²) in [6, 6.07) is 0. The molecule has 0 bridgehead atoms. The molecular weight excluding hydrogens is 218 g/mol. The molecule has 0 radical (unpaired) electrons. The molecule has 5 nitrogen and oxygen atoms in total. The second-order valence-electron chi connectivity index (χ2n) is 4.53. The molecule has 96 valence electrons. The van der Waals surface area contributed by atoms with Crippen LogP contribution in [0.3, 0.4) is 0 Å². The number of aromatic nitrogens is 2. The van der Waals surface area contributed by atoms with Gasteiger partial charge < -0.3 is 14.6 Å². The van der Waals surface area contributed by atoms with Gasteiger partial charge in [-0.3, -0.25) is 0 Å². The Labute approximate surface area is 102 Å². The van der Waals surface area contributed by atoms with Gasteiger partial charge in [-0.05, 0) is 32.2 Å². The Balaban J connectivity index is 2.01. The van der Waals surface area contributed by atoms with E-state index in [2.05, 4.69) is 29.3 Å². The van der Waals surface area contributed by atoms with Crippen LogP contribution in [-0.4, -0.2) is 23.3 Å². The molecule has 1 aliphatic heterocycles. The van der Waals surface area contributed by atoms with Gasteiger partial charge in [0.25, 0.3) is 0 Å². The molecular formula is C12H21N3O2. The number of hydrogen-bond acceptors (Lipinski definition) is 5. The summed E-state index contributed by atoms with van der Waals surface area (Å²) in [6.45, 7) is 6.43. The van der Waals surface area contributed by atoms with E-state index in [1.54, 1.807) is 0 Å². The van der Waals surface area contributed by atoms with Gasteiger partial charge >= 0.3 is 0 Å². The van der Waals surface area contributed by atoms with Crippen LogP contribution >= 0.6 is 0 Å². The minimum atomic E-state index is -0.101. The molecule has 1 unspecified atom stereocenters. The third kappa shape index (κ3) is 2.66. The fraction of sp³-hybridized carbons (Fsp3) is 0.833. The number of hydrogen-bond donors (Lipinski definition) is 1. The van der Waals surface area contributed by atoms with E-state index in [9.17, 15) is 0 Å². The predicted octanol–water partition coefficient (Wildman–Crippen LogP) is 1.98. The van der Waals surface area contributed by atoms with E-state index in [1.165, 1.54) is 0 Å². The second kappa shape index (κ2) is 5.60. The highest BCUT2D eigenvalue weighted by Crippen LogP contribution is 2.32. The van der Waals surface area contributed by atoms with Crippen molar-refractivity contribution in [3.63, 3.8) is 0 Å². The first kappa shape index (κ1) is 12.5. The van der Waals surface area contributed by atoms with Gasteiger partial charge in [-0.2, -0.15) is 4.98 Å². The summed E-state index contributed by atoms with van der Waals surface area (Å²) < 4.78 is 10.8. The van der Waals surface area contributed by atoms with Gasteiger partial charge in [-0.25, -0.2) is 0 Å². The number of nitrogens with one attached hydrogen (secondary N) is 1. The largest absolute Gasteiger partial charge is 0.373 e. The lowest BCUT2D eigenvalue weighted by atomic mass is 9.94. The molecule has 1 saturated heterocycles. The summed E-state index contributed by atoms with van der Waals surface area (Å²) >= 11 is 0. The standard InChI is InChI=1S/C12H21N3O2/c1-3-8-16-9-10-14-11(17-15-10)12(4-2)6-5-7-13-12/h13H,3-9H2,1-2H3. The number of ether oxygens (including phenoxy) is 1. The molecule has 1 fully saturated rings. The molecule has 1 N–H and O–H groups in total. The molecule has 0 aliphatic carbocycles. The van der Waals surface area contributed by atoms with Crippen molar-refractivity contribution < 1.29 is 9.26 Å². The lowest BCUT2D eigenvalue weighted by Gasteiger charge is -2.22. The lowest BCUT2D eigenvalue weighted by molar-refractivity contribution is 0.114. The van der Waals surface area contributed by atoms with Crippen LogP contribution in [0, 0.1) is 0 Å². The van der Waals surface area contributed by atoms with Crippen LogP contribution in [0.1, 0.15) is 51.2 Å². The van der Waals surface area contributed by atoms with E-state index < -0.39 is 0 Å². The SMILES string of the molecule is CCCOCc1noc(C2(CC)CCCN2)n1. The van der Waals surface area contributed by atoms with Crippen molar-refractivity contribution >= 4 is 0 Å². The molecule has 0 aromatic carbocycles. The molecule has 0 amide bonds. The normalized spacial score (nSPS) is 24.4. The van der Waals surface area contributed by atoms with Crippen LogP contribution < -0.4 is 5.32 Å². The molecule has 2 heterocycles. The van der Waals surface area contributed by atoms with Gasteiger partial charge in [-0.15, -0.1) is 0 Å². The fourth-order valence-corrected chi connectivity index (χ4v) is 2.26. The van der Waals surface area contributed by atoms with Crippen molar-refractivity contribution in [3.05, 3.63) is 11.7 Å². The topological polar surface area (TPSA) is 60.2 Å². The summed E-state index contributed by atoms with van der Waals surface area (Å²) in [7, 11) is 0. The molecule has 1 atom stereocenters. The Morgan fingerprint density at radius 2 is 2.35 bits per heavy atom. The Kier molecular flexibility index (Phi) is 4.12. The summed E-state index contributed by atoms with van der Waals surface area (Å²) in [5.74, 6) is 1.36. The first-order valence-corrected chi connectivity index (χ1v) is 6.46. The van der Waals surface area contributed by atoms with E-state index in [4.69, 9.17) is 9.26 Å². The maximum absolute atomic E-state index is 5.41. The van der Waals surface area contributed by atoms with Crippen molar-refractivity contribution in [2.75, 3.05) is 13.2 Å². The summed E-state index contributed by atoms with van der Waals surface area (Å²) in [6.07, 6.45) is 4.22.